The van der Waals surface area contributed by atoms with Gasteiger partial charge >= 0.3 is 0 Å². The Morgan fingerprint density at radius 1 is 1.38 bits per heavy atom. The Morgan fingerprint density at radius 2 is 2.19 bits per heavy atom. The number of allylic oxidation sites excluding steroid dienone is 1. The fourth-order valence-corrected chi connectivity index (χ4v) is 3.90. The number of ether oxygens (including phenoxy) is 1. The van der Waals surface area contributed by atoms with Crippen LogP contribution >= 0.6 is 11.3 Å². The summed E-state index contributed by atoms with van der Waals surface area (Å²) in [5.74, 6) is 0.00836. The SMILES string of the molecule is C=CCn1c(=NC(=O)Cc2cc(C)ccc2OC)sc2cccc(F)c21. The zero-order valence-corrected chi connectivity index (χ0v) is 15.5. The number of aryl methyl sites for hydroxylation is 1. The standard InChI is InChI=1S/C20H19FN2O2S/c1-4-10-23-19-15(21)6-5-7-17(19)26-20(23)22-18(24)12-14-11-13(2)8-9-16(14)25-3/h4-9,11H,1,10,12H2,2-3H3. The number of carbonyl (C=O) groups is 1. The van der Waals surface area contributed by atoms with Crippen LogP contribution in [0.3, 0.4) is 0 Å². The molecular formula is C20H19FN2O2S. The predicted molar refractivity (Wildman–Crippen MR) is 102 cm³/mol. The van der Waals surface area contributed by atoms with Crippen molar-refractivity contribution in [1.29, 1.82) is 0 Å². The Morgan fingerprint density at radius 3 is 2.92 bits per heavy atom. The second-order valence-corrected chi connectivity index (χ2v) is 6.88. The van der Waals surface area contributed by atoms with Crippen LogP contribution in [0, 0.1) is 12.7 Å². The monoisotopic (exact) mass is 370 g/mol. The Bertz CT molecular complexity index is 1050. The van der Waals surface area contributed by atoms with Crippen molar-refractivity contribution in [2.45, 2.75) is 19.9 Å². The van der Waals surface area contributed by atoms with Crippen molar-refractivity contribution in [3.63, 3.8) is 0 Å². The van der Waals surface area contributed by atoms with E-state index < -0.39 is 0 Å². The zero-order valence-electron chi connectivity index (χ0n) is 14.7. The van der Waals surface area contributed by atoms with Crippen molar-refractivity contribution in [3.05, 3.63) is 70.8 Å². The number of hydrogen-bond donors (Lipinski definition) is 0. The number of methoxy groups -OCH3 is 1. The number of thiazole rings is 1. The number of halogens is 1. The van der Waals surface area contributed by atoms with Crippen LogP contribution in [0.2, 0.25) is 0 Å². The van der Waals surface area contributed by atoms with Gasteiger partial charge in [0.05, 0.1) is 23.7 Å². The third-order valence-electron chi connectivity index (χ3n) is 3.96. The molecule has 0 spiro atoms. The summed E-state index contributed by atoms with van der Waals surface area (Å²) in [6.45, 7) is 6.04. The van der Waals surface area contributed by atoms with Crippen molar-refractivity contribution >= 4 is 27.5 Å². The molecule has 0 unspecified atom stereocenters. The number of rotatable bonds is 5. The van der Waals surface area contributed by atoms with Crippen LogP contribution in [0.4, 0.5) is 4.39 Å². The average molecular weight is 370 g/mol. The minimum atomic E-state index is -0.338. The summed E-state index contributed by atoms with van der Waals surface area (Å²) in [5.41, 5.74) is 2.26. The molecule has 0 saturated heterocycles. The molecule has 0 saturated carbocycles. The molecule has 0 aliphatic rings. The number of benzene rings is 2. The molecule has 1 heterocycles. The van der Waals surface area contributed by atoms with Gasteiger partial charge in [0.2, 0.25) is 0 Å². The minimum absolute atomic E-state index is 0.121. The first kappa shape index (κ1) is 18.1. The number of amides is 1. The summed E-state index contributed by atoms with van der Waals surface area (Å²) >= 11 is 1.29. The molecule has 1 amide bonds. The van der Waals surface area contributed by atoms with E-state index in [0.29, 0.717) is 22.6 Å². The van der Waals surface area contributed by atoms with Crippen LogP contribution in [0.5, 0.6) is 5.75 Å². The molecule has 6 heteroatoms. The first-order valence-electron chi connectivity index (χ1n) is 8.13. The van der Waals surface area contributed by atoms with E-state index in [2.05, 4.69) is 11.6 Å². The van der Waals surface area contributed by atoms with E-state index in [4.69, 9.17) is 4.74 Å². The summed E-state index contributed by atoms with van der Waals surface area (Å²) in [7, 11) is 1.57. The van der Waals surface area contributed by atoms with E-state index in [9.17, 15) is 9.18 Å². The van der Waals surface area contributed by atoms with Gasteiger partial charge in [-0.1, -0.05) is 41.2 Å². The van der Waals surface area contributed by atoms with Gasteiger partial charge in [-0.15, -0.1) is 6.58 Å². The molecule has 0 atom stereocenters. The second-order valence-electron chi connectivity index (χ2n) is 5.87. The Hall–Kier alpha value is -2.73. The third-order valence-corrected chi connectivity index (χ3v) is 5.01. The Kier molecular flexibility index (Phi) is 5.32. The third kappa shape index (κ3) is 3.60. The quantitative estimate of drug-likeness (QED) is 0.637. The van der Waals surface area contributed by atoms with Crippen LogP contribution in [0.15, 0.2) is 54.0 Å². The summed E-state index contributed by atoms with van der Waals surface area (Å²) in [5, 5.41) is 0. The van der Waals surface area contributed by atoms with Crippen molar-refractivity contribution in [3.8, 4) is 5.75 Å². The molecule has 0 radical (unpaired) electrons. The van der Waals surface area contributed by atoms with Gasteiger partial charge in [-0.3, -0.25) is 4.79 Å². The summed E-state index contributed by atoms with van der Waals surface area (Å²) in [6, 6.07) is 10.5. The molecular weight excluding hydrogens is 351 g/mol. The molecule has 0 bridgehead atoms. The molecule has 0 aliphatic carbocycles. The molecule has 134 valence electrons. The Labute approximate surface area is 154 Å². The molecule has 0 aliphatic heterocycles. The molecule has 0 N–H and O–H groups in total. The van der Waals surface area contributed by atoms with Crippen LogP contribution in [0.25, 0.3) is 10.2 Å². The molecule has 4 nitrogen and oxygen atoms in total. The highest BCUT2D eigenvalue weighted by Crippen LogP contribution is 2.22. The smallest absolute Gasteiger partial charge is 0.252 e. The maximum atomic E-state index is 14.2. The lowest BCUT2D eigenvalue weighted by molar-refractivity contribution is -0.117. The van der Waals surface area contributed by atoms with E-state index in [1.165, 1.54) is 17.4 Å². The topological polar surface area (TPSA) is 43.6 Å². The van der Waals surface area contributed by atoms with Gasteiger partial charge in [-0.2, -0.15) is 4.99 Å². The summed E-state index contributed by atoms with van der Waals surface area (Å²) in [6.07, 6.45) is 1.78. The van der Waals surface area contributed by atoms with Gasteiger partial charge < -0.3 is 9.30 Å². The van der Waals surface area contributed by atoms with Gasteiger partial charge in [-0.25, -0.2) is 4.39 Å². The molecule has 3 rings (SSSR count). The van der Waals surface area contributed by atoms with E-state index >= 15 is 0 Å². The molecule has 26 heavy (non-hydrogen) atoms. The minimum Gasteiger partial charge on any atom is -0.496 e. The van der Waals surface area contributed by atoms with Crippen molar-refractivity contribution in [2.24, 2.45) is 4.99 Å². The van der Waals surface area contributed by atoms with Gasteiger partial charge in [-0.05, 0) is 25.1 Å². The largest absolute Gasteiger partial charge is 0.496 e. The first-order chi connectivity index (χ1) is 12.5. The fraction of sp³-hybridized carbons (Fsp3) is 0.200. The number of hydrogen-bond acceptors (Lipinski definition) is 3. The van der Waals surface area contributed by atoms with Gasteiger partial charge in [0.15, 0.2) is 4.80 Å². The fourth-order valence-electron chi connectivity index (χ4n) is 2.83. The lowest BCUT2D eigenvalue weighted by atomic mass is 10.1. The Balaban J connectivity index is 2.03. The van der Waals surface area contributed by atoms with Crippen molar-refractivity contribution in [1.82, 2.24) is 4.57 Å². The van der Waals surface area contributed by atoms with Crippen LogP contribution in [-0.4, -0.2) is 17.6 Å². The first-order valence-corrected chi connectivity index (χ1v) is 8.95. The van der Waals surface area contributed by atoms with Crippen LogP contribution in [-0.2, 0) is 17.8 Å². The van der Waals surface area contributed by atoms with Gasteiger partial charge in [0, 0.05) is 12.1 Å². The molecule has 1 aromatic heterocycles. The average Bonchev–Trinajstić information content (AvgIpc) is 2.94. The van der Waals surface area contributed by atoms with Crippen LogP contribution in [0.1, 0.15) is 11.1 Å². The highest BCUT2D eigenvalue weighted by Gasteiger charge is 2.12. The molecule has 2 aromatic carbocycles. The lowest BCUT2D eigenvalue weighted by Crippen LogP contribution is -2.17. The van der Waals surface area contributed by atoms with Crippen LogP contribution < -0.4 is 9.54 Å². The summed E-state index contributed by atoms with van der Waals surface area (Å²) < 4.78 is 22.0. The predicted octanol–water partition coefficient (Wildman–Crippen LogP) is 4.01. The van der Waals surface area contributed by atoms with E-state index in [-0.39, 0.29) is 18.1 Å². The van der Waals surface area contributed by atoms with E-state index in [0.717, 1.165) is 15.8 Å². The molecule has 0 fully saturated rings. The maximum absolute atomic E-state index is 14.2. The van der Waals surface area contributed by atoms with E-state index in [1.54, 1.807) is 23.8 Å². The normalized spacial score (nSPS) is 11.7. The maximum Gasteiger partial charge on any atom is 0.252 e. The van der Waals surface area contributed by atoms with E-state index in [1.807, 2.05) is 31.2 Å². The summed E-state index contributed by atoms with van der Waals surface area (Å²) in [4.78, 5) is 17.2. The zero-order chi connectivity index (χ0) is 18.7. The van der Waals surface area contributed by atoms with Crippen molar-refractivity contribution < 1.29 is 13.9 Å². The van der Waals surface area contributed by atoms with Gasteiger partial charge in [0.25, 0.3) is 5.91 Å². The number of nitrogens with zero attached hydrogens (tertiary/aromatic N) is 2. The number of fused-ring (bicyclic) bond motifs is 1. The van der Waals surface area contributed by atoms with Gasteiger partial charge in [0.1, 0.15) is 11.6 Å². The van der Waals surface area contributed by atoms with Crippen molar-refractivity contribution in [2.75, 3.05) is 7.11 Å². The number of para-hydroxylation sites is 1. The highest BCUT2D eigenvalue weighted by molar-refractivity contribution is 7.16. The lowest BCUT2D eigenvalue weighted by Gasteiger charge is -2.07. The number of aromatic nitrogens is 1. The molecule has 3 aromatic rings. The number of carbonyl (C=O) groups excluding carboxylic acids is 1. The highest BCUT2D eigenvalue weighted by atomic mass is 32.1. The second kappa shape index (κ2) is 7.66.